The standard InChI is InChI=1S/C11H24N2OS/c1-9(14-4)11(2,8-12)13(3)10-5-6-15-7-10/h9-10H,5-8,12H2,1-4H3. The van der Waals surface area contributed by atoms with Crippen molar-refractivity contribution in [1.29, 1.82) is 0 Å². The summed E-state index contributed by atoms with van der Waals surface area (Å²) in [6, 6.07) is 0.654. The monoisotopic (exact) mass is 232 g/mol. The van der Waals surface area contributed by atoms with Crippen molar-refractivity contribution in [3.63, 3.8) is 0 Å². The first-order valence-electron chi connectivity index (χ1n) is 5.59. The van der Waals surface area contributed by atoms with Crippen LogP contribution in [0.5, 0.6) is 0 Å². The average molecular weight is 232 g/mol. The van der Waals surface area contributed by atoms with Gasteiger partial charge in [0.05, 0.1) is 11.6 Å². The molecule has 0 saturated carbocycles. The molecule has 1 aliphatic rings. The summed E-state index contributed by atoms with van der Waals surface area (Å²) in [7, 11) is 3.94. The molecule has 1 rings (SSSR count). The SMILES string of the molecule is COC(C)C(C)(CN)N(C)C1CCSC1. The van der Waals surface area contributed by atoms with Crippen molar-refractivity contribution in [1.82, 2.24) is 4.90 Å². The van der Waals surface area contributed by atoms with E-state index in [1.54, 1.807) is 7.11 Å². The summed E-state index contributed by atoms with van der Waals surface area (Å²) in [5.41, 5.74) is 5.87. The van der Waals surface area contributed by atoms with Crippen molar-refractivity contribution >= 4 is 11.8 Å². The highest BCUT2D eigenvalue weighted by Gasteiger charge is 2.38. The molecular weight excluding hydrogens is 208 g/mol. The van der Waals surface area contributed by atoms with Gasteiger partial charge in [-0.25, -0.2) is 0 Å². The minimum absolute atomic E-state index is 0.0513. The molecule has 0 radical (unpaired) electrons. The summed E-state index contributed by atoms with van der Waals surface area (Å²) in [4.78, 5) is 2.42. The van der Waals surface area contributed by atoms with E-state index in [9.17, 15) is 0 Å². The van der Waals surface area contributed by atoms with Crippen LogP contribution in [0.1, 0.15) is 20.3 Å². The second-order valence-corrected chi connectivity index (χ2v) is 5.72. The van der Waals surface area contributed by atoms with Gasteiger partial charge in [0, 0.05) is 25.4 Å². The van der Waals surface area contributed by atoms with Crippen LogP contribution in [0.2, 0.25) is 0 Å². The smallest absolute Gasteiger partial charge is 0.0736 e. The van der Waals surface area contributed by atoms with Gasteiger partial charge in [0.25, 0.3) is 0 Å². The predicted molar refractivity (Wildman–Crippen MR) is 67.4 cm³/mol. The lowest BCUT2D eigenvalue weighted by atomic mass is 9.92. The largest absolute Gasteiger partial charge is 0.380 e. The lowest BCUT2D eigenvalue weighted by molar-refractivity contribution is -0.0334. The van der Waals surface area contributed by atoms with E-state index < -0.39 is 0 Å². The highest BCUT2D eigenvalue weighted by molar-refractivity contribution is 7.99. The summed E-state index contributed by atoms with van der Waals surface area (Å²) in [5.74, 6) is 2.50. The van der Waals surface area contributed by atoms with Gasteiger partial charge in [-0.15, -0.1) is 0 Å². The lowest BCUT2D eigenvalue weighted by Crippen LogP contribution is -2.60. The first-order valence-corrected chi connectivity index (χ1v) is 6.75. The maximum atomic E-state index is 5.92. The molecule has 90 valence electrons. The zero-order valence-corrected chi connectivity index (χ0v) is 11.1. The number of thioether (sulfide) groups is 1. The van der Waals surface area contributed by atoms with E-state index in [1.807, 2.05) is 11.8 Å². The Balaban J connectivity index is 2.70. The number of methoxy groups -OCH3 is 1. The zero-order valence-electron chi connectivity index (χ0n) is 10.3. The normalized spacial score (nSPS) is 28.0. The van der Waals surface area contributed by atoms with Crippen LogP contribution in [0.25, 0.3) is 0 Å². The van der Waals surface area contributed by atoms with Gasteiger partial charge in [-0.3, -0.25) is 4.90 Å². The Hall–Kier alpha value is 0.230. The van der Waals surface area contributed by atoms with Crippen LogP contribution in [0, 0.1) is 0 Å². The molecular formula is C11H24N2OS. The predicted octanol–water partition coefficient (Wildman–Crippen LogP) is 1.18. The number of rotatable bonds is 5. The van der Waals surface area contributed by atoms with Gasteiger partial charge in [0.1, 0.15) is 0 Å². The molecule has 0 amide bonds. The Bertz CT molecular complexity index is 197. The molecule has 15 heavy (non-hydrogen) atoms. The molecule has 1 fully saturated rings. The third kappa shape index (κ3) is 2.67. The molecule has 3 atom stereocenters. The van der Waals surface area contributed by atoms with Gasteiger partial charge in [0.2, 0.25) is 0 Å². The van der Waals surface area contributed by atoms with Crippen molar-refractivity contribution in [2.24, 2.45) is 5.73 Å². The van der Waals surface area contributed by atoms with Crippen molar-refractivity contribution in [3.8, 4) is 0 Å². The van der Waals surface area contributed by atoms with Crippen LogP contribution in [0.3, 0.4) is 0 Å². The third-order valence-electron chi connectivity index (χ3n) is 3.90. The number of hydrogen-bond donors (Lipinski definition) is 1. The number of nitrogens with zero attached hydrogens (tertiary/aromatic N) is 1. The van der Waals surface area contributed by atoms with Crippen LogP contribution >= 0.6 is 11.8 Å². The fourth-order valence-electron chi connectivity index (χ4n) is 2.10. The molecule has 4 heteroatoms. The lowest BCUT2D eigenvalue weighted by Gasteiger charge is -2.44. The number of hydrogen-bond acceptors (Lipinski definition) is 4. The Morgan fingerprint density at radius 3 is 2.73 bits per heavy atom. The summed E-state index contributed by atoms with van der Waals surface area (Å²) in [6.07, 6.45) is 1.44. The Morgan fingerprint density at radius 1 is 1.67 bits per heavy atom. The fraction of sp³-hybridized carbons (Fsp3) is 1.00. The first kappa shape index (κ1) is 13.3. The molecule has 0 aliphatic carbocycles. The Labute approximate surface area is 97.7 Å². The molecule has 0 aromatic rings. The highest BCUT2D eigenvalue weighted by Crippen LogP contribution is 2.29. The third-order valence-corrected chi connectivity index (χ3v) is 5.05. The van der Waals surface area contributed by atoms with E-state index in [1.165, 1.54) is 17.9 Å². The van der Waals surface area contributed by atoms with E-state index in [0.717, 1.165) is 0 Å². The van der Waals surface area contributed by atoms with Gasteiger partial charge in [0.15, 0.2) is 0 Å². The van der Waals surface area contributed by atoms with E-state index >= 15 is 0 Å². The number of nitrogens with two attached hydrogens (primary N) is 1. The van der Waals surface area contributed by atoms with Gasteiger partial charge >= 0.3 is 0 Å². The Kier molecular flexibility index (Phi) is 4.90. The summed E-state index contributed by atoms with van der Waals surface area (Å²) in [6.45, 7) is 4.94. The number of ether oxygens (including phenoxy) is 1. The van der Waals surface area contributed by atoms with E-state index in [2.05, 4.69) is 25.8 Å². The summed E-state index contributed by atoms with van der Waals surface area (Å²) < 4.78 is 5.46. The molecule has 1 saturated heterocycles. The molecule has 2 N–H and O–H groups in total. The molecule has 1 aliphatic heterocycles. The van der Waals surface area contributed by atoms with E-state index in [0.29, 0.717) is 12.6 Å². The van der Waals surface area contributed by atoms with Crippen LogP contribution in [0.4, 0.5) is 0 Å². The first-order chi connectivity index (χ1) is 7.06. The van der Waals surface area contributed by atoms with Gasteiger partial charge in [-0.05, 0) is 33.1 Å². The maximum Gasteiger partial charge on any atom is 0.0736 e. The minimum Gasteiger partial charge on any atom is -0.380 e. The Morgan fingerprint density at radius 2 is 2.33 bits per heavy atom. The van der Waals surface area contributed by atoms with Gasteiger partial charge < -0.3 is 10.5 Å². The van der Waals surface area contributed by atoms with E-state index in [-0.39, 0.29) is 11.6 Å². The van der Waals surface area contributed by atoms with Crippen molar-refractivity contribution in [3.05, 3.63) is 0 Å². The summed E-state index contributed by atoms with van der Waals surface area (Å²) in [5, 5.41) is 0. The van der Waals surface area contributed by atoms with Crippen molar-refractivity contribution in [2.45, 2.75) is 38.0 Å². The maximum absolute atomic E-state index is 5.92. The highest BCUT2D eigenvalue weighted by atomic mass is 32.2. The fourth-order valence-corrected chi connectivity index (χ4v) is 3.36. The molecule has 0 spiro atoms. The quantitative estimate of drug-likeness (QED) is 0.772. The molecule has 1 heterocycles. The molecule has 3 nitrogen and oxygen atoms in total. The van der Waals surface area contributed by atoms with E-state index in [4.69, 9.17) is 10.5 Å². The van der Waals surface area contributed by atoms with Crippen LogP contribution in [-0.2, 0) is 4.74 Å². The second-order valence-electron chi connectivity index (χ2n) is 4.57. The van der Waals surface area contributed by atoms with Crippen molar-refractivity contribution < 1.29 is 4.74 Å². The molecule has 0 bridgehead atoms. The minimum atomic E-state index is -0.0513. The van der Waals surface area contributed by atoms with Crippen LogP contribution in [0.15, 0.2) is 0 Å². The average Bonchev–Trinajstić information content (AvgIpc) is 2.79. The topological polar surface area (TPSA) is 38.5 Å². The van der Waals surface area contributed by atoms with Gasteiger partial charge in [-0.1, -0.05) is 0 Å². The molecule has 0 aromatic heterocycles. The van der Waals surface area contributed by atoms with Crippen LogP contribution in [-0.4, -0.2) is 54.8 Å². The zero-order chi connectivity index (χ0) is 11.5. The molecule has 3 unspecified atom stereocenters. The van der Waals surface area contributed by atoms with Crippen LogP contribution < -0.4 is 5.73 Å². The molecule has 0 aromatic carbocycles. The van der Waals surface area contributed by atoms with Gasteiger partial charge in [-0.2, -0.15) is 11.8 Å². The summed E-state index contributed by atoms with van der Waals surface area (Å²) >= 11 is 2.03. The van der Waals surface area contributed by atoms with Crippen molar-refractivity contribution in [2.75, 3.05) is 32.2 Å². The second kappa shape index (κ2) is 5.53. The number of likely N-dealkylation sites (N-methyl/N-ethyl adjacent to an activating group) is 1.